The lowest BCUT2D eigenvalue weighted by Gasteiger charge is -2.14. The molecule has 3 N–H and O–H groups in total. The SMILES string of the molecule is NCC(Nc1nc(Cl)cs1)C1CC1. The van der Waals surface area contributed by atoms with Gasteiger partial charge < -0.3 is 11.1 Å². The average Bonchev–Trinajstić information content (AvgIpc) is 2.87. The fourth-order valence-electron chi connectivity index (χ4n) is 1.35. The molecule has 0 radical (unpaired) electrons. The van der Waals surface area contributed by atoms with E-state index in [1.54, 1.807) is 0 Å². The Hall–Kier alpha value is -0.320. The van der Waals surface area contributed by atoms with Gasteiger partial charge in [-0.2, -0.15) is 0 Å². The molecule has 0 aliphatic heterocycles. The number of nitrogens with two attached hydrogens (primary N) is 1. The van der Waals surface area contributed by atoms with Crippen molar-refractivity contribution in [2.45, 2.75) is 18.9 Å². The molecule has 1 aromatic heterocycles. The fourth-order valence-corrected chi connectivity index (χ4v) is 2.25. The summed E-state index contributed by atoms with van der Waals surface area (Å²) in [7, 11) is 0. The second-order valence-corrected chi connectivity index (χ2v) is 4.54. The third kappa shape index (κ3) is 2.33. The zero-order valence-corrected chi connectivity index (χ0v) is 8.74. The Morgan fingerprint density at radius 3 is 3.00 bits per heavy atom. The van der Waals surface area contributed by atoms with Crippen LogP contribution in [0.2, 0.25) is 5.15 Å². The Bertz CT molecular complexity index is 285. The highest BCUT2D eigenvalue weighted by Crippen LogP contribution is 2.34. The Labute approximate surface area is 86.3 Å². The molecule has 1 unspecified atom stereocenters. The minimum atomic E-state index is 0.377. The number of hydrogen-bond donors (Lipinski definition) is 2. The van der Waals surface area contributed by atoms with Crippen molar-refractivity contribution in [2.75, 3.05) is 11.9 Å². The molecule has 72 valence electrons. The first-order valence-corrected chi connectivity index (χ1v) is 5.63. The molecular weight excluding hydrogens is 206 g/mol. The summed E-state index contributed by atoms with van der Waals surface area (Å²) in [4.78, 5) is 4.13. The van der Waals surface area contributed by atoms with E-state index in [0.717, 1.165) is 11.0 Å². The summed E-state index contributed by atoms with van der Waals surface area (Å²) >= 11 is 7.24. The topological polar surface area (TPSA) is 50.9 Å². The maximum absolute atomic E-state index is 5.71. The summed E-state index contributed by atoms with van der Waals surface area (Å²) in [6.07, 6.45) is 2.57. The van der Waals surface area contributed by atoms with Crippen LogP contribution in [-0.2, 0) is 0 Å². The van der Waals surface area contributed by atoms with E-state index in [2.05, 4.69) is 10.3 Å². The zero-order valence-electron chi connectivity index (χ0n) is 7.16. The van der Waals surface area contributed by atoms with Crippen molar-refractivity contribution in [1.82, 2.24) is 4.98 Å². The molecule has 2 rings (SSSR count). The summed E-state index contributed by atoms with van der Waals surface area (Å²) in [5, 5.41) is 6.57. The van der Waals surface area contributed by atoms with Crippen LogP contribution >= 0.6 is 22.9 Å². The number of rotatable bonds is 4. The standard InChI is InChI=1S/C8H12ClN3S/c9-7-4-13-8(12-7)11-6(3-10)5-1-2-5/h4-6H,1-3,10H2,(H,11,12). The Morgan fingerprint density at radius 1 is 1.77 bits per heavy atom. The molecule has 0 aromatic carbocycles. The van der Waals surface area contributed by atoms with Crippen molar-refractivity contribution in [3.63, 3.8) is 0 Å². The third-order valence-electron chi connectivity index (χ3n) is 2.23. The van der Waals surface area contributed by atoms with Crippen LogP contribution in [0.5, 0.6) is 0 Å². The van der Waals surface area contributed by atoms with Crippen molar-refractivity contribution in [3.8, 4) is 0 Å². The first-order valence-electron chi connectivity index (χ1n) is 4.37. The van der Waals surface area contributed by atoms with Crippen LogP contribution in [0.1, 0.15) is 12.8 Å². The van der Waals surface area contributed by atoms with E-state index < -0.39 is 0 Å². The molecular formula is C8H12ClN3S. The molecule has 1 heterocycles. The number of aromatic nitrogens is 1. The maximum Gasteiger partial charge on any atom is 0.184 e. The van der Waals surface area contributed by atoms with E-state index in [9.17, 15) is 0 Å². The lowest BCUT2D eigenvalue weighted by atomic mass is 10.2. The van der Waals surface area contributed by atoms with Crippen LogP contribution in [0.3, 0.4) is 0 Å². The largest absolute Gasteiger partial charge is 0.357 e. The van der Waals surface area contributed by atoms with Gasteiger partial charge in [-0.3, -0.25) is 0 Å². The van der Waals surface area contributed by atoms with Crippen LogP contribution in [0.15, 0.2) is 5.38 Å². The van der Waals surface area contributed by atoms with Gasteiger partial charge in [0.1, 0.15) is 5.15 Å². The molecule has 0 saturated heterocycles. The minimum Gasteiger partial charge on any atom is -0.357 e. The first-order chi connectivity index (χ1) is 6.29. The molecule has 3 nitrogen and oxygen atoms in total. The van der Waals surface area contributed by atoms with Gasteiger partial charge in [0.2, 0.25) is 0 Å². The second-order valence-electron chi connectivity index (χ2n) is 3.30. The van der Waals surface area contributed by atoms with Crippen molar-refractivity contribution in [1.29, 1.82) is 0 Å². The molecule has 0 spiro atoms. The normalized spacial score (nSPS) is 18.6. The van der Waals surface area contributed by atoms with Crippen LogP contribution < -0.4 is 11.1 Å². The Balaban J connectivity index is 1.95. The summed E-state index contributed by atoms with van der Waals surface area (Å²) in [5.74, 6) is 0.743. The van der Waals surface area contributed by atoms with Crippen molar-refractivity contribution in [2.24, 2.45) is 11.7 Å². The lowest BCUT2D eigenvalue weighted by Crippen LogP contribution is -2.30. The van der Waals surface area contributed by atoms with Gasteiger partial charge in [-0.15, -0.1) is 11.3 Å². The summed E-state index contributed by atoms with van der Waals surface area (Å²) in [6, 6.07) is 0.377. The van der Waals surface area contributed by atoms with E-state index in [1.165, 1.54) is 24.2 Å². The Kier molecular flexibility index (Phi) is 2.71. The first kappa shape index (κ1) is 9.24. The molecule has 1 aliphatic rings. The van der Waals surface area contributed by atoms with Crippen molar-refractivity contribution >= 4 is 28.1 Å². The highest BCUT2D eigenvalue weighted by Gasteiger charge is 2.30. The molecule has 1 aliphatic carbocycles. The van der Waals surface area contributed by atoms with Gasteiger partial charge in [-0.05, 0) is 18.8 Å². The smallest absolute Gasteiger partial charge is 0.184 e. The average molecular weight is 218 g/mol. The van der Waals surface area contributed by atoms with Crippen LogP contribution in [0, 0.1) is 5.92 Å². The molecule has 0 bridgehead atoms. The van der Waals surface area contributed by atoms with E-state index in [-0.39, 0.29) is 0 Å². The number of anilines is 1. The lowest BCUT2D eigenvalue weighted by molar-refractivity contribution is 0.644. The monoisotopic (exact) mass is 217 g/mol. The predicted molar refractivity (Wildman–Crippen MR) is 56.3 cm³/mol. The van der Waals surface area contributed by atoms with E-state index in [1.807, 2.05) is 5.38 Å². The van der Waals surface area contributed by atoms with Gasteiger partial charge in [0.15, 0.2) is 5.13 Å². The van der Waals surface area contributed by atoms with E-state index >= 15 is 0 Å². The predicted octanol–water partition coefficient (Wildman–Crippen LogP) is 1.95. The number of halogens is 1. The quantitative estimate of drug-likeness (QED) is 0.811. The van der Waals surface area contributed by atoms with Crippen molar-refractivity contribution in [3.05, 3.63) is 10.5 Å². The van der Waals surface area contributed by atoms with Gasteiger partial charge in [0, 0.05) is 18.0 Å². The number of nitrogens with zero attached hydrogens (tertiary/aromatic N) is 1. The van der Waals surface area contributed by atoms with Gasteiger partial charge in [-0.25, -0.2) is 4.98 Å². The van der Waals surface area contributed by atoms with Gasteiger partial charge in [-0.1, -0.05) is 11.6 Å². The molecule has 13 heavy (non-hydrogen) atoms. The van der Waals surface area contributed by atoms with Crippen LogP contribution in [0.25, 0.3) is 0 Å². The van der Waals surface area contributed by atoms with E-state index in [4.69, 9.17) is 17.3 Å². The second kappa shape index (κ2) is 3.82. The van der Waals surface area contributed by atoms with E-state index in [0.29, 0.717) is 17.7 Å². The molecule has 1 fully saturated rings. The zero-order chi connectivity index (χ0) is 9.26. The molecule has 1 atom stereocenters. The minimum absolute atomic E-state index is 0.377. The van der Waals surface area contributed by atoms with Gasteiger partial charge in [0.25, 0.3) is 0 Å². The van der Waals surface area contributed by atoms with Crippen molar-refractivity contribution < 1.29 is 0 Å². The molecule has 1 saturated carbocycles. The summed E-state index contributed by atoms with van der Waals surface area (Å²) < 4.78 is 0. The van der Waals surface area contributed by atoms with Gasteiger partial charge >= 0.3 is 0 Å². The highest BCUT2D eigenvalue weighted by atomic mass is 35.5. The summed E-state index contributed by atoms with van der Waals surface area (Å²) in [6.45, 7) is 0.669. The maximum atomic E-state index is 5.71. The highest BCUT2D eigenvalue weighted by molar-refractivity contribution is 7.14. The number of hydrogen-bond acceptors (Lipinski definition) is 4. The molecule has 1 aromatic rings. The van der Waals surface area contributed by atoms with Crippen LogP contribution in [0.4, 0.5) is 5.13 Å². The van der Waals surface area contributed by atoms with Gasteiger partial charge in [0.05, 0.1) is 0 Å². The van der Waals surface area contributed by atoms with Crippen LogP contribution in [-0.4, -0.2) is 17.6 Å². The summed E-state index contributed by atoms with van der Waals surface area (Å²) in [5.41, 5.74) is 5.65. The molecule has 0 amide bonds. The number of thiazole rings is 1. The third-order valence-corrected chi connectivity index (χ3v) is 3.33. The fraction of sp³-hybridized carbons (Fsp3) is 0.625. The number of nitrogens with one attached hydrogen (secondary N) is 1. The molecule has 5 heteroatoms. The Morgan fingerprint density at radius 2 is 2.54 bits per heavy atom.